The average molecular weight is 183 g/mol. The van der Waals surface area contributed by atoms with Crippen LogP contribution in [-0.4, -0.2) is 16.7 Å². The van der Waals surface area contributed by atoms with Gasteiger partial charge in [-0.1, -0.05) is 6.92 Å². The maximum absolute atomic E-state index is 3.78. The second kappa shape index (κ2) is 2.42. The first-order valence-electron chi connectivity index (χ1n) is 5.23. The summed E-state index contributed by atoms with van der Waals surface area (Å²) in [6.45, 7) is 3.65. The van der Waals surface area contributed by atoms with Crippen molar-refractivity contribution in [3.63, 3.8) is 0 Å². The Kier molecular flexibility index (Phi) is 1.55. The molecule has 1 saturated heterocycles. The van der Waals surface area contributed by atoms with Crippen LogP contribution in [0.3, 0.4) is 0 Å². The van der Waals surface area contributed by atoms with Crippen LogP contribution in [0.5, 0.6) is 0 Å². The van der Waals surface area contributed by atoms with Crippen molar-refractivity contribution < 1.29 is 0 Å². The zero-order chi connectivity index (χ0) is 8.18. The van der Waals surface area contributed by atoms with Crippen molar-refractivity contribution in [2.24, 2.45) is 11.8 Å². The first-order chi connectivity index (χ1) is 5.80. The summed E-state index contributed by atoms with van der Waals surface area (Å²) >= 11 is 2.23. The van der Waals surface area contributed by atoms with Gasteiger partial charge < -0.3 is 5.32 Å². The quantitative estimate of drug-likeness (QED) is 0.618. The highest BCUT2D eigenvalue weighted by Gasteiger charge is 2.59. The van der Waals surface area contributed by atoms with Crippen molar-refractivity contribution in [3.8, 4) is 0 Å². The molecule has 0 amide bonds. The Morgan fingerprint density at radius 1 is 1.42 bits per heavy atom. The minimum Gasteiger partial charge on any atom is -0.303 e. The van der Waals surface area contributed by atoms with E-state index >= 15 is 0 Å². The van der Waals surface area contributed by atoms with Gasteiger partial charge in [0.25, 0.3) is 0 Å². The topological polar surface area (TPSA) is 12.0 Å². The lowest BCUT2D eigenvalue weighted by molar-refractivity contribution is 0.406. The Balaban J connectivity index is 1.80. The summed E-state index contributed by atoms with van der Waals surface area (Å²) in [4.78, 5) is 0.544. The summed E-state index contributed by atoms with van der Waals surface area (Å²) in [7, 11) is 0. The van der Waals surface area contributed by atoms with E-state index < -0.39 is 0 Å². The van der Waals surface area contributed by atoms with E-state index in [1.54, 1.807) is 0 Å². The van der Waals surface area contributed by atoms with Crippen molar-refractivity contribution in [2.45, 2.75) is 42.7 Å². The molecule has 1 N–H and O–H groups in total. The van der Waals surface area contributed by atoms with Crippen molar-refractivity contribution >= 4 is 11.8 Å². The van der Waals surface area contributed by atoms with Crippen LogP contribution < -0.4 is 5.32 Å². The van der Waals surface area contributed by atoms with E-state index in [9.17, 15) is 0 Å². The van der Waals surface area contributed by atoms with Crippen LogP contribution in [0.2, 0.25) is 0 Å². The van der Waals surface area contributed by atoms with Gasteiger partial charge in [-0.3, -0.25) is 0 Å². The van der Waals surface area contributed by atoms with Crippen LogP contribution in [0.25, 0.3) is 0 Å². The molecule has 2 heteroatoms. The summed E-state index contributed by atoms with van der Waals surface area (Å²) in [5.74, 6) is 2.15. The SMILES string of the molecule is CC1CCNC2(CCC3CC32)S1. The predicted octanol–water partition coefficient (Wildman–Crippen LogP) is 2.23. The van der Waals surface area contributed by atoms with E-state index in [4.69, 9.17) is 0 Å². The largest absolute Gasteiger partial charge is 0.303 e. The monoisotopic (exact) mass is 183 g/mol. The predicted molar refractivity (Wildman–Crippen MR) is 53.2 cm³/mol. The van der Waals surface area contributed by atoms with Crippen LogP contribution in [-0.2, 0) is 0 Å². The molecule has 2 saturated carbocycles. The molecule has 12 heavy (non-hydrogen) atoms. The molecular weight excluding hydrogens is 166 g/mol. The minimum atomic E-state index is 0.544. The van der Waals surface area contributed by atoms with Crippen LogP contribution in [0.15, 0.2) is 0 Å². The fourth-order valence-corrected chi connectivity index (χ4v) is 4.87. The number of rotatable bonds is 0. The molecule has 0 bridgehead atoms. The molecule has 2 aliphatic carbocycles. The first kappa shape index (κ1) is 7.69. The van der Waals surface area contributed by atoms with Gasteiger partial charge >= 0.3 is 0 Å². The van der Waals surface area contributed by atoms with Gasteiger partial charge in [0.2, 0.25) is 0 Å². The van der Waals surface area contributed by atoms with Crippen LogP contribution in [0.4, 0.5) is 0 Å². The fraction of sp³-hybridized carbons (Fsp3) is 1.00. The van der Waals surface area contributed by atoms with Crippen molar-refractivity contribution in [1.82, 2.24) is 5.32 Å². The lowest BCUT2D eigenvalue weighted by Crippen LogP contribution is -2.48. The van der Waals surface area contributed by atoms with Crippen LogP contribution in [0.1, 0.15) is 32.6 Å². The third kappa shape index (κ3) is 0.973. The summed E-state index contributed by atoms with van der Waals surface area (Å²) in [6, 6.07) is 0. The Labute approximate surface area is 78.7 Å². The molecule has 1 aliphatic heterocycles. The second-order valence-corrected chi connectivity index (χ2v) is 6.44. The Bertz CT molecular complexity index is 206. The molecule has 4 atom stereocenters. The minimum absolute atomic E-state index is 0.544. The molecular formula is C10H17NS. The number of hydrogen-bond donors (Lipinski definition) is 1. The second-order valence-electron chi connectivity index (χ2n) is 4.67. The van der Waals surface area contributed by atoms with E-state index in [1.165, 1.54) is 32.2 Å². The molecule has 0 aromatic carbocycles. The van der Waals surface area contributed by atoms with Crippen LogP contribution >= 0.6 is 11.8 Å². The average Bonchev–Trinajstić information content (AvgIpc) is 2.75. The molecule has 0 aromatic rings. The summed E-state index contributed by atoms with van der Waals surface area (Å²) < 4.78 is 0. The molecule has 3 aliphatic rings. The normalized spacial score (nSPS) is 57.2. The smallest absolute Gasteiger partial charge is 0.0679 e. The maximum Gasteiger partial charge on any atom is 0.0679 e. The van der Waals surface area contributed by atoms with Gasteiger partial charge in [-0.05, 0) is 44.1 Å². The Morgan fingerprint density at radius 2 is 2.33 bits per heavy atom. The first-order valence-corrected chi connectivity index (χ1v) is 6.11. The molecule has 0 radical (unpaired) electrons. The highest BCUT2D eigenvalue weighted by molar-refractivity contribution is 8.01. The number of thioether (sulfide) groups is 1. The van der Waals surface area contributed by atoms with Gasteiger partial charge in [-0.15, -0.1) is 11.8 Å². The number of nitrogens with one attached hydrogen (secondary N) is 1. The fourth-order valence-electron chi connectivity index (χ4n) is 3.04. The zero-order valence-electron chi connectivity index (χ0n) is 7.68. The van der Waals surface area contributed by atoms with E-state index in [-0.39, 0.29) is 0 Å². The third-order valence-electron chi connectivity index (χ3n) is 3.79. The highest BCUT2D eigenvalue weighted by atomic mass is 32.2. The molecule has 1 heterocycles. The summed E-state index contributed by atoms with van der Waals surface area (Å²) in [5.41, 5.74) is 0. The zero-order valence-corrected chi connectivity index (χ0v) is 8.49. The lowest BCUT2D eigenvalue weighted by Gasteiger charge is -2.39. The summed E-state index contributed by atoms with van der Waals surface area (Å²) in [5, 5.41) is 4.67. The van der Waals surface area contributed by atoms with Crippen molar-refractivity contribution in [1.29, 1.82) is 0 Å². The molecule has 1 spiro atoms. The maximum atomic E-state index is 3.78. The van der Waals surface area contributed by atoms with Gasteiger partial charge in [0.1, 0.15) is 0 Å². The molecule has 4 unspecified atom stereocenters. The highest BCUT2D eigenvalue weighted by Crippen LogP contribution is 2.62. The van der Waals surface area contributed by atoms with Gasteiger partial charge in [0.05, 0.1) is 4.87 Å². The molecule has 1 nitrogen and oxygen atoms in total. The van der Waals surface area contributed by atoms with Gasteiger partial charge in [-0.2, -0.15) is 0 Å². The van der Waals surface area contributed by atoms with Crippen LogP contribution in [0, 0.1) is 11.8 Å². The number of hydrogen-bond acceptors (Lipinski definition) is 2. The van der Waals surface area contributed by atoms with E-state index in [0.29, 0.717) is 4.87 Å². The van der Waals surface area contributed by atoms with Crippen molar-refractivity contribution in [3.05, 3.63) is 0 Å². The number of fused-ring (bicyclic) bond motifs is 2. The molecule has 0 aromatic heterocycles. The molecule has 3 rings (SSSR count). The van der Waals surface area contributed by atoms with Crippen molar-refractivity contribution in [2.75, 3.05) is 6.54 Å². The Hall–Kier alpha value is 0.310. The molecule has 3 fully saturated rings. The molecule has 68 valence electrons. The summed E-state index contributed by atoms with van der Waals surface area (Å²) in [6.07, 6.45) is 5.82. The van der Waals surface area contributed by atoms with Gasteiger partial charge in [0.15, 0.2) is 0 Å². The third-order valence-corrected chi connectivity index (χ3v) is 5.50. The Morgan fingerprint density at radius 3 is 2.92 bits per heavy atom. The van der Waals surface area contributed by atoms with Gasteiger partial charge in [-0.25, -0.2) is 0 Å². The van der Waals surface area contributed by atoms with E-state index in [1.807, 2.05) is 0 Å². The van der Waals surface area contributed by atoms with Gasteiger partial charge in [0, 0.05) is 5.25 Å². The van der Waals surface area contributed by atoms with E-state index in [2.05, 4.69) is 24.0 Å². The van der Waals surface area contributed by atoms with E-state index in [0.717, 1.165) is 17.1 Å². The lowest BCUT2D eigenvalue weighted by atomic mass is 10.1. The standard InChI is InChI=1S/C10H17NS/c1-7-3-5-11-10(12-7)4-2-8-6-9(8)10/h7-9,11H,2-6H2,1H3.